The van der Waals surface area contributed by atoms with Gasteiger partial charge in [0.2, 0.25) is 5.88 Å². The van der Waals surface area contributed by atoms with Gasteiger partial charge in [0.25, 0.3) is 5.91 Å². The molecule has 4 rings (SSSR count). The molecule has 4 heterocycles. The van der Waals surface area contributed by atoms with E-state index in [4.69, 9.17) is 9.47 Å². The van der Waals surface area contributed by atoms with E-state index < -0.39 is 5.82 Å². The lowest BCUT2D eigenvalue weighted by Crippen LogP contribution is -2.66. The molecule has 0 aliphatic carbocycles. The number of hydrogen-bond acceptors (Lipinski definition) is 5. The first-order chi connectivity index (χ1) is 13.0. The highest BCUT2D eigenvalue weighted by atomic mass is 19.1. The molecule has 2 aromatic rings. The van der Waals surface area contributed by atoms with E-state index in [1.165, 1.54) is 12.3 Å². The Morgan fingerprint density at radius 1 is 1.44 bits per heavy atom. The Labute approximate surface area is 157 Å². The molecule has 0 radical (unpaired) electrons. The maximum absolute atomic E-state index is 13.6. The molecule has 27 heavy (non-hydrogen) atoms. The Bertz CT molecular complexity index is 819. The van der Waals surface area contributed by atoms with Crippen LogP contribution < -0.4 is 4.74 Å². The molecule has 0 aromatic carbocycles. The van der Waals surface area contributed by atoms with Gasteiger partial charge < -0.3 is 14.4 Å². The number of nitrogens with zero attached hydrogens (tertiary/aromatic N) is 4. The van der Waals surface area contributed by atoms with E-state index in [0.717, 1.165) is 19.3 Å². The predicted octanol–water partition coefficient (Wildman–Crippen LogP) is 2.04. The largest absolute Gasteiger partial charge is 0.476 e. The minimum absolute atomic E-state index is 0.0510. The number of pyridine rings is 1. The van der Waals surface area contributed by atoms with Crippen molar-refractivity contribution in [3.8, 4) is 5.88 Å². The summed E-state index contributed by atoms with van der Waals surface area (Å²) in [5, 5.41) is 4.17. The molecule has 0 saturated carbocycles. The lowest BCUT2D eigenvalue weighted by Gasteiger charge is -2.53. The van der Waals surface area contributed by atoms with Gasteiger partial charge in [-0.2, -0.15) is 5.10 Å². The summed E-state index contributed by atoms with van der Waals surface area (Å²) in [6.45, 7) is 2.28. The molecule has 2 fully saturated rings. The van der Waals surface area contributed by atoms with E-state index in [0.29, 0.717) is 37.9 Å². The summed E-state index contributed by atoms with van der Waals surface area (Å²) in [7, 11) is 1.79. The maximum Gasteiger partial charge on any atom is 0.274 e. The van der Waals surface area contributed by atoms with Crippen molar-refractivity contribution >= 4 is 5.91 Å². The van der Waals surface area contributed by atoms with Gasteiger partial charge in [0.15, 0.2) is 5.82 Å². The van der Waals surface area contributed by atoms with Crippen LogP contribution in [0.1, 0.15) is 29.8 Å². The summed E-state index contributed by atoms with van der Waals surface area (Å²) in [5.74, 6) is -0.0165. The fraction of sp³-hybridized carbons (Fsp3) is 0.526. The highest BCUT2D eigenvalue weighted by Crippen LogP contribution is 2.38. The first-order valence-electron chi connectivity index (χ1n) is 9.21. The first-order valence-corrected chi connectivity index (χ1v) is 9.21. The average molecular weight is 374 g/mol. The van der Waals surface area contributed by atoms with Gasteiger partial charge in [0, 0.05) is 26.0 Å². The third-order valence-electron chi connectivity index (χ3n) is 5.26. The summed E-state index contributed by atoms with van der Waals surface area (Å²) in [6.07, 6.45) is 5.93. The van der Waals surface area contributed by atoms with E-state index >= 15 is 0 Å². The fourth-order valence-electron chi connectivity index (χ4n) is 3.88. The minimum Gasteiger partial charge on any atom is -0.476 e. The molecular formula is C19H23FN4O3. The van der Waals surface area contributed by atoms with E-state index in [2.05, 4.69) is 10.1 Å². The van der Waals surface area contributed by atoms with E-state index in [9.17, 15) is 9.18 Å². The lowest BCUT2D eigenvalue weighted by molar-refractivity contribution is -0.166. The van der Waals surface area contributed by atoms with Gasteiger partial charge >= 0.3 is 0 Å². The zero-order valence-electron chi connectivity index (χ0n) is 15.3. The number of carbonyl (C=O) groups excluding carboxylic acids is 1. The Hall–Kier alpha value is -2.48. The third kappa shape index (κ3) is 3.80. The van der Waals surface area contributed by atoms with Crippen molar-refractivity contribution in [1.82, 2.24) is 19.7 Å². The smallest absolute Gasteiger partial charge is 0.274 e. The SMILES string of the molecule is Cn1ccc(C(=O)N2CC3(CC(CCOc4ncccc4F)CCO3)C2)n1. The standard InChI is InChI=1S/C19H23FN4O3/c1-23-8-4-16(22-23)18(25)24-12-19(13-24)11-14(6-10-27-19)5-9-26-17-15(20)3-2-7-21-17/h2-4,7-8,14H,5-6,9-13H2,1H3. The normalized spacial score (nSPS) is 21.1. The molecule has 7 nitrogen and oxygen atoms in total. The van der Waals surface area contributed by atoms with Gasteiger partial charge in [0.05, 0.1) is 19.7 Å². The second-order valence-corrected chi connectivity index (χ2v) is 7.35. The predicted molar refractivity (Wildman–Crippen MR) is 94.8 cm³/mol. The monoisotopic (exact) mass is 374 g/mol. The fourth-order valence-corrected chi connectivity index (χ4v) is 3.88. The molecular weight excluding hydrogens is 351 g/mol. The van der Waals surface area contributed by atoms with E-state index in [1.807, 2.05) is 0 Å². The van der Waals surface area contributed by atoms with Crippen molar-refractivity contribution in [2.24, 2.45) is 13.0 Å². The number of amides is 1. The lowest BCUT2D eigenvalue weighted by atomic mass is 9.79. The first kappa shape index (κ1) is 17.9. The van der Waals surface area contributed by atoms with Crippen LogP contribution in [0, 0.1) is 11.7 Å². The van der Waals surface area contributed by atoms with Crippen LogP contribution in [0.2, 0.25) is 0 Å². The van der Waals surface area contributed by atoms with Gasteiger partial charge in [-0.15, -0.1) is 0 Å². The van der Waals surface area contributed by atoms with Crippen molar-refractivity contribution in [2.75, 3.05) is 26.3 Å². The Morgan fingerprint density at radius 3 is 3.04 bits per heavy atom. The second kappa shape index (κ2) is 7.26. The molecule has 0 bridgehead atoms. The van der Waals surface area contributed by atoms with Gasteiger partial charge in [0.1, 0.15) is 11.3 Å². The molecule has 8 heteroatoms. The maximum atomic E-state index is 13.6. The number of likely N-dealkylation sites (tertiary alicyclic amines) is 1. The summed E-state index contributed by atoms with van der Waals surface area (Å²) in [5.41, 5.74) is 0.203. The van der Waals surface area contributed by atoms with Gasteiger partial charge in [-0.3, -0.25) is 9.48 Å². The Kier molecular flexibility index (Phi) is 4.82. The number of carbonyl (C=O) groups is 1. The molecule has 2 saturated heterocycles. The van der Waals surface area contributed by atoms with E-state index in [1.54, 1.807) is 35.0 Å². The van der Waals surface area contributed by atoms with Crippen LogP contribution in [-0.4, -0.2) is 57.5 Å². The van der Waals surface area contributed by atoms with Crippen LogP contribution in [0.5, 0.6) is 5.88 Å². The van der Waals surface area contributed by atoms with Crippen LogP contribution >= 0.6 is 0 Å². The molecule has 144 valence electrons. The number of aromatic nitrogens is 3. The van der Waals surface area contributed by atoms with Crippen LogP contribution in [-0.2, 0) is 11.8 Å². The number of hydrogen-bond donors (Lipinski definition) is 0. The van der Waals surface area contributed by atoms with Crippen LogP contribution in [0.3, 0.4) is 0 Å². The average Bonchev–Trinajstić information content (AvgIpc) is 3.07. The van der Waals surface area contributed by atoms with Gasteiger partial charge in [-0.05, 0) is 43.4 Å². The number of halogens is 1. The number of ether oxygens (including phenoxy) is 2. The molecule has 1 atom stereocenters. The van der Waals surface area contributed by atoms with Crippen LogP contribution in [0.4, 0.5) is 4.39 Å². The molecule has 1 spiro atoms. The molecule has 2 aliphatic rings. The topological polar surface area (TPSA) is 69.5 Å². The zero-order chi connectivity index (χ0) is 18.9. The summed E-state index contributed by atoms with van der Waals surface area (Å²) in [6, 6.07) is 4.61. The summed E-state index contributed by atoms with van der Waals surface area (Å²) >= 11 is 0. The van der Waals surface area contributed by atoms with Crippen LogP contribution in [0.25, 0.3) is 0 Å². The van der Waals surface area contributed by atoms with Crippen molar-refractivity contribution in [3.05, 3.63) is 42.1 Å². The summed E-state index contributed by atoms with van der Waals surface area (Å²) in [4.78, 5) is 18.1. The van der Waals surface area contributed by atoms with Crippen molar-refractivity contribution < 1.29 is 18.7 Å². The Morgan fingerprint density at radius 2 is 2.30 bits per heavy atom. The second-order valence-electron chi connectivity index (χ2n) is 7.35. The molecule has 0 N–H and O–H groups in total. The minimum atomic E-state index is -0.441. The third-order valence-corrected chi connectivity index (χ3v) is 5.26. The van der Waals surface area contributed by atoms with Crippen molar-refractivity contribution in [2.45, 2.75) is 24.9 Å². The summed E-state index contributed by atoms with van der Waals surface area (Å²) < 4.78 is 26.7. The quantitative estimate of drug-likeness (QED) is 0.801. The highest BCUT2D eigenvalue weighted by molar-refractivity contribution is 5.93. The zero-order valence-corrected chi connectivity index (χ0v) is 15.3. The molecule has 2 aromatic heterocycles. The van der Waals surface area contributed by atoms with Crippen LogP contribution in [0.15, 0.2) is 30.6 Å². The molecule has 1 unspecified atom stereocenters. The highest BCUT2D eigenvalue weighted by Gasteiger charge is 2.49. The number of rotatable bonds is 5. The van der Waals surface area contributed by atoms with Gasteiger partial charge in [-0.1, -0.05) is 0 Å². The number of aryl methyl sites for hydroxylation is 1. The molecule has 2 aliphatic heterocycles. The van der Waals surface area contributed by atoms with Crippen molar-refractivity contribution in [1.29, 1.82) is 0 Å². The van der Waals surface area contributed by atoms with E-state index in [-0.39, 0.29) is 17.4 Å². The van der Waals surface area contributed by atoms with Gasteiger partial charge in [-0.25, -0.2) is 9.37 Å². The Balaban J connectivity index is 1.26. The van der Waals surface area contributed by atoms with Crippen molar-refractivity contribution in [3.63, 3.8) is 0 Å². The molecule has 1 amide bonds.